The first-order chi connectivity index (χ1) is 16.1. The number of nitrogens with two attached hydrogens (primary N) is 1. The number of amides is 1. The van der Waals surface area contributed by atoms with Crippen molar-refractivity contribution in [3.05, 3.63) is 0 Å². The van der Waals surface area contributed by atoms with Crippen molar-refractivity contribution in [2.24, 2.45) is 5.73 Å². The fraction of sp³-hybridized carbons (Fsp3) is 0.762. The highest BCUT2D eigenvalue weighted by atomic mass is 19.4. The van der Waals surface area contributed by atoms with Crippen LogP contribution in [0.4, 0.5) is 26.3 Å². The minimum Gasteiger partial charge on any atom is -0.475 e. The third-order valence-electron chi connectivity index (χ3n) is 4.45. The third kappa shape index (κ3) is 21.7. The predicted molar refractivity (Wildman–Crippen MR) is 115 cm³/mol. The van der Waals surface area contributed by atoms with Crippen molar-refractivity contribution in [3.63, 3.8) is 0 Å². The van der Waals surface area contributed by atoms with Crippen LogP contribution in [0.3, 0.4) is 0 Å². The van der Waals surface area contributed by atoms with E-state index < -0.39 is 24.3 Å². The molecule has 0 aromatic carbocycles. The lowest BCUT2D eigenvalue weighted by Gasteiger charge is -2.14. The summed E-state index contributed by atoms with van der Waals surface area (Å²) in [5.41, 5.74) is 5.45. The van der Waals surface area contributed by atoms with E-state index in [0.29, 0.717) is 13.0 Å². The van der Waals surface area contributed by atoms with Crippen LogP contribution in [0.15, 0.2) is 0 Å². The van der Waals surface area contributed by atoms with Crippen LogP contribution in [0.5, 0.6) is 0 Å². The van der Waals surface area contributed by atoms with Gasteiger partial charge >= 0.3 is 24.3 Å². The number of nitrogens with zero attached hydrogens (tertiary/aromatic N) is 2. The van der Waals surface area contributed by atoms with Crippen LogP contribution in [0.25, 0.3) is 0 Å². The van der Waals surface area contributed by atoms with Gasteiger partial charge in [0, 0.05) is 13.5 Å². The zero-order chi connectivity index (χ0) is 27.5. The molecule has 0 unspecified atom stereocenters. The zero-order valence-electron chi connectivity index (χ0n) is 19.6. The Kier molecular flexibility index (Phi) is 18.6. The van der Waals surface area contributed by atoms with Gasteiger partial charge in [0.15, 0.2) is 0 Å². The molecule has 14 heteroatoms. The highest BCUT2D eigenvalue weighted by Crippen LogP contribution is 2.13. The van der Waals surface area contributed by atoms with Crippen LogP contribution in [-0.2, 0) is 14.4 Å². The summed E-state index contributed by atoms with van der Waals surface area (Å²) in [6, 6.07) is 0. The Labute approximate surface area is 200 Å². The average molecular weight is 521 g/mol. The number of unbranched alkanes of at least 4 members (excludes halogenated alkanes) is 4. The van der Waals surface area contributed by atoms with Crippen LogP contribution < -0.4 is 5.73 Å². The molecule has 1 heterocycles. The molecule has 35 heavy (non-hydrogen) atoms. The number of hydrogen-bond donors (Lipinski definition) is 3. The molecule has 4 N–H and O–H groups in total. The van der Waals surface area contributed by atoms with Crippen molar-refractivity contribution in [2.45, 2.75) is 63.7 Å². The molecule has 0 atom stereocenters. The second-order valence-corrected chi connectivity index (χ2v) is 7.50. The minimum absolute atomic E-state index is 0.212. The van der Waals surface area contributed by atoms with Gasteiger partial charge in [-0.3, -0.25) is 9.69 Å². The molecule has 204 valence electrons. The maximum atomic E-state index is 11.9. The smallest absolute Gasteiger partial charge is 0.475 e. The number of aliphatic carboxylic acids is 2. The van der Waals surface area contributed by atoms with Crippen LogP contribution in [0.1, 0.15) is 51.4 Å². The summed E-state index contributed by atoms with van der Waals surface area (Å²) < 4.78 is 63.5. The summed E-state index contributed by atoms with van der Waals surface area (Å²) in [6.45, 7) is 4.53. The monoisotopic (exact) mass is 521 g/mol. The SMILES string of the molecule is CN(CC#CCN1CCCC1)C(=O)CCCCCCCN.O=C(O)C(F)(F)F.O=C(O)C(F)(F)F. The van der Waals surface area contributed by atoms with Crippen LogP contribution >= 0.6 is 0 Å². The fourth-order valence-corrected chi connectivity index (χ4v) is 2.51. The Bertz CT molecular complexity index is 660. The van der Waals surface area contributed by atoms with Crippen molar-refractivity contribution in [3.8, 4) is 11.8 Å². The van der Waals surface area contributed by atoms with Crippen LogP contribution in [0.2, 0.25) is 0 Å². The van der Waals surface area contributed by atoms with Crippen molar-refractivity contribution in [1.82, 2.24) is 9.80 Å². The molecular formula is C21H33F6N3O5. The van der Waals surface area contributed by atoms with Gasteiger partial charge in [0.25, 0.3) is 0 Å². The van der Waals surface area contributed by atoms with Crippen molar-refractivity contribution < 1.29 is 50.9 Å². The highest BCUT2D eigenvalue weighted by Gasteiger charge is 2.38. The molecule has 0 bridgehead atoms. The third-order valence-corrected chi connectivity index (χ3v) is 4.45. The Balaban J connectivity index is 0. The van der Waals surface area contributed by atoms with Gasteiger partial charge in [-0.05, 0) is 45.3 Å². The molecule has 1 amide bonds. The number of rotatable bonds is 9. The lowest BCUT2D eigenvalue weighted by Crippen LogP contribution is -2.27. The highest BCUT2D eigenvalue weighted by molar-refractivity contribution is 5.76. The average Bonchev–Trinajstić information content (AvgIpc) is 3.26. The summed E-state index contributed by atoms with van der Waals surface area (Å²) in [6.07, 6.45) is -1.36. The predicted octanol–water partition coefficient (Wildman–Crippen LogP) is 3.11. The van der Waals surface area contributed by atoms with E-state index >= 15 is 0 Å². The second kappa shape index (κ2) is 18.8. The summed E-state index contributed by atoms with van der Waals surface area (Å²) >= 11 is 0. The van der Waals surface area contributed by atoms with Gasteiger partial charge in [-0.25, -0.2) is 9.59 Å². The number of carbonyl (C=O) groups excluding carboxylic acids is 1. The van der Waals surface area contributed by atoms with Gasteiger partial charge in [0.1, 0.15) is 0 Å². The summed E-state index contributed by atoms with van der Waals surface area (Å²) in [7, 11) is 1.85. The Morgan fingerprint density at radius 1 is 0.857 bits per heavy atom. The van der Waals surface area contributed by atoms with Gasteiger partial charge in [0.05, 0.1) is 13.1 Å². The maximum absolute atomic E-state index is 11.9. The van der Waals surface area contributed by atoms with Crippen LogP contribution in [0, 0.1) is 11.8 Å². The van der Waals surface area contributed by atoms with E-state index in [1.54, 1.807) is 4.90 Å². The number of carboxylic acid groups (broad SMARTS) is 2. The first-order valence-corrected chi connectivity index (χ1v) is 10.8. The molecule has 0 radical (unpaired) electrons. The van der Waals surface area contributed by atoms with Gasteiger partial charge < -0.3 is 20.8 Å². The minimum atomic E-state index is -5.08. The van der Waals surface area contributed by atoms with E-state index in [1.807, 2.05) is 7.05 Å². The molecule has 8 nitrogen and oxygen atoms in total. The lowest BCUT2D eigenvalue weighted by atomic mass is 10.1. The maximum Gasteiger partial charge on any atom is 0.490 e. The van der Waals surface area contributed by atoms with E-state index in [2.05, 4.69) is 16.7 Å². The zero-order valence-corrected chi connectivity index (χ0v) is 19.6. The molecule has 0 spiro atoms. The van der Waals surface area contributed by atoms with E-state index in [-0.39, 0.29) is 5.91 Å². The van der Waals surface area contributed by atoms with Gasteiger partial charge in [-0.1, -0.05) is 31.1 Å². The number of carboxylic acids is 2. The summed E-state index contributed by atoms with van der Waals surface area (Å²) in [5.74, 6) is 0.983. The summed E-state index contributed by atoms with van der Waals surface area (Å²) in [4.78, 5) is 33.8. The molecule has 1 aliphatic rings. The Morgan fingerprint density at radius 3 is 1.71 bits per heavy atom. The van der Waals surface area contributed by atoms with Crippen molar-refractivity contribution >= 4 is 17.8 Å². The van der Waals surface area contributed by atoms with E-state index in [9.17, 15) is 31.1 Å². The molecular weight excluding hydrogens is 488 g/mol. The normalized spacial score (nSPS) is 13.4. The van der Waals surface area contributed by atoms with Crippen LogP contribution in [-0.4, -0.2) is 90.0 Å². The lowest BCUT2D eigenvalue weighted by molar-refractivity contribution is -0.193. The van der Waals surface area contributed by atoms with Crippen molar-refractivity contribution in [2.75, 3.05) is 39.8 Å². The van der Waals surface area contributed by atoms with Gasteiger partial charge in [0.2, 0.25) is 5.91 Å². The first kappa shape index (κ1) is 34.6. The molecule has 0 aliphatic carbocycles. The Hall–Kier alpha value is -2.53. The standard InChI is InChI=1S/C17H31N3O.2C2HF3O2/c1-19(13-7-8-14-20-15-9-10-16-20)17(21)11-5-3-2-4-6-12-18;2*3-2(4,5)1(6)7/h2-6,9-16,18H2,1H3;2*(H,6,7). The first-order valence-electron chi connectivity index (χ1n) is 10.8. The largest absolute Gasteiger partial charge is 0.490 e. The molecule has 0 aromatic rings. The van der Waals surface area contributed by atoms with Crippen molar-refractivity contribution in [1.29, 1.82) is 0 Å². The van der Waals surface area contributed by atoms with Gasteiger partial charge in [-0.2, -0.15) is 26.3 Å². The number of halogens is 6. The quantitative estimate of drug-likeness (QED) is 0.242. The Morgan fingerprint density at radius 2 is 1.29 bits per heavy atom. The fourth-order valence-electron chi connectivity index (χ4n) is 2.51. The molecule has 0 aromatic heterocycles. The topological polar surface area (TPSA) is 124 Å². The number of likely N-dealkylation sites (tertiary alicyclic amines) is 1. The number of alkyl halides is 6. The van der Waals surface area contributed by atoms with E-state index in [4.69, 9.17) is 25.5 Å². The molecule has 1 aliphatic heterocycles. The molecule has 0 saturated carbocycles. The number of carbonyl (C=O) groups is 3. The van der Waals surface area contributed by atoms with Gasteiger partial charge in [-0.15, -0.1) is 0 Å². The molecule has 1 saturated heterocycles. The molecule has 1 fully saturated rings. The van der Waals surface area contributed by atoms with E-state index in [0.717, 1.165) is 32.4 Å². The molecule has 1 rings (SSSR count). The summed E-state index contributed by atoms with van der Waals surface area (Å²) in [5, 5.41) is 14.2. The second-order valence-electron chi connectivity index (χ2n) is 7.50. The number of hydrogen-bond acceptors (Lipinski definition) is 5. The van der Waals surface area contributed by atoms with E-state index in [1.165, 1.54) is 38.8 Å².